The monoisotopic (exact) mass is 253 g/mol. The fourth-order valence-corrected chi connectivity index (χ4v) is 3.01. The molecule has 1 aromatic carbocycles. The Morgan fingerprint density at radius 1 is 1.18 bits per heavy atom. The summed E-state index contributed by atoms with van der Waals surface area (Å²) in [5.74, 6) is 1.51. The fourth-order valence-electron chi connectivity index (χ4n) is 1.89. The van der Waals surface area contributed by atoms with Crippen LogP contribution in [0.4, 0.5) is 0 Å². The van der Waals surface area contributed by atoms with Crippen LogP contribution in [0, 0.1) is 0 Å². The van der Waals surface area contributed by atoms with Crippen LogP contribution >= 0.6 is 0 Å². The molecule has 4 nitrogen and oxygen atoms in total. The number of hydrogen-bond acceptors (Lipinski definition) is 4. The minimum absolute atomic E-state index is 0.508. The molecule has 1 aliphatic rings. The first-order chi connectivity index (χ1) is 8.15. The van der Waals surface area contributed by atoms with Crippen molar-refractivity contribution in [2.45, 2.75) is 6.54 Å². The molecule has 0 bridgehead atoms. The first-order valence-corrected chi connectivity index (χ1v) is 7.16. The fraction of sp³-hybridized carbons (Fsp3) is 0.455. The molecule has 0 aliphatic carbocycles. The lowest BCUT2D eigenvalue weighted by molar-refractivity contribution is 0.291. The maximum Gasteiger partial charge on any atom is 0.488 e. The summed E-state index contributed by atoms with van der Waals surface area (Å²) >= 11 is 0. The molecule has 92 valence electrons. The molecule has 6 heteroatoms. The Labute approximate surface area is 104 Å². The van der Waals surface area contributed by atoms with Crippen LogP contribution in [0.2, 0.25) is 0 Å². The minimum Gasteiger partial charge on any atom is -0.423 e. The van der Waals surface area contributed by atoms with E-state index in [1.807, 2.05) is 12.1 Å². The van der Waals surface area contributed by atoms with Gasteiger partial charge in [-0.1, -0.05) is 24.3 Å². The van der Waals surface area contributed by atoms with Crippen molar-refractivity contribution in [1.29, 1.82) is 0 Å². The molecule has 1 heterocycles. The number of rotatable bonds is 3. The van der Waals surface area contributed by atoms with Gasteiger partial charge in [0.15, 0.2) is 0 Å². The van der Waals surface area contributed by atoms with Crippen LogP contribution in [0.1, 0.15) is 5.56 Å². The van der Waals surface area contributed by atoms with Gasteiger partial charge in [0.05, 0.1) is 0 Å². The second-order valence-electron chi connectivity index (χ2n) is 4.24. The number of nitrogens with zero attached hydrogens (tertiary/aromatic N) is 1. The van der Waals surface area contributed by atoms with E-state index in [-0.39, 0.29) is 0 Å². The van der Waals surface area contributed by atoms with E-state index >= 15 is 0 Å². The lowest BCUT2D eigenvalue weighted by Crippen LogP contribution is -2.37. The lowest BCUT2D eigenvalue weighted by Gasteiger charge is -2.26. The second kappa shape index (κ2) is 5.77. The zero-order valence-corrected chi connectivity index (χ0v) is 10.4. The van der Waals surface area contributed by atoms with Crippen molar-refractivity contribution in [3.05, 3.63) is 29.8 Å². The standard InChI is InChI=1S/C11H16BNO3S/c14-12(15)11-3-1-10(2-4-11)9-13-5-7-17(16)8-6-13/h1-4,14-15H,5-9H2. The van der Waals surface area contributed by atoms with E-state index < -0.39 is 17.9 Å². The summed E-state index contributed by atoms with van der Waals surface area (Å²) in [5, 5.41) is 18.0. The molecule has 1 fully saturated rings. The highest BCUT2D eigenvalue weighted by molar-refractivity contribution is 7.85. The molecule has 0 saturated carbocycles. The largest absolute Gasteiger partial charge is 0.488 e. The average Bonchev–Trinajstić information content (AvgIpc) is 2.33. The molecule has 0 atom stereocenters. The van der Waals surface area contributed by atoms with E-state index in [1.54, 1.807) is 12.1 Å². The van der Waals surface area contributed by atoms with Crippen molar-refractivity contribution >= 4 is 23.4 Å². The maximum atomic E-state index is 11.2. The molecule has 0 spiro atoms. The van der Waals surface area contributed by atoms with E-state index in [2.05, 4.69) is 4.90 Å². The maximum absolute atomic E-state index is 11.2. The van der Waals surface area contributed by atoms with Gasteiger partial charge in [0.2, 0.25) is 0 Å². The third kappa shape index (κ3) is 3.64. The Hall–Kier alpha value is -0.685. The first kappa shape index (κ1) is 12.8. The second-order valence-corrected chi connectivity index (χ2v) is 5.94. The molecule has 1 aliphatic heterocycles. The van der Waals surface area contributed by atoms with E-state index in [9.17, 15) is 4.21 Å². The Morgan fingerprint density at radius 3 is 2.29 bits per heavy atom. The van der Waals surface area contributed by atoms with E-state index in [0.29, 0.717) is 5.46 Å². The Balaban J connectivity index is 1.92. The van der Waals surface area contributed by atoms with Crippen LogP contribution in [0.25, 0.3) is 0 Å². The summed E-state index contributed by atoms with van der Waals surface area (Å²) in [6, 6.07) is 7.25. The highest BCUT2D eigenvalue weighted by atomic mass is 32.2. The van der Waals surface area contributed by atoms with Gasteiger partial charge in [-0.05, 0) is 11.0 Å². The smallest absolute Gasteiger partial charge is 0.423 e. The van der Waals surface area contributed by atoms with Gasteiger partial charge in [-0.2, -0.15) is 0 Å². The van der Waals surface area contributed by atoms with Crippen LogP contribution in [0.5, 0.6) is 0 Å². The molecule has 0 amide bonds. The summed E-state index contributed by atoms with van der Waals surface area (Å²) in [4.78, 5) is 2.27. The summed E-state index contributed by atoms with van der Waals surface area (Å²) in [5.41, 5.74) is 1.65. The Morgan fingerprint density at radius 2 is 1.76 bits per heavy atom. The van der Waals surface area contributed by atoms with Gasteiger partial charge in [-0.25, -0.2) is 0 Å². The molecular formula is C11H16BNO3S. The van der Waals surface area contributed by atoms with Gasteiger partial charge < -0.3 is 10.0 Å². The van der Waals surface area contributed by atoms with Crippen LogP contribution in [-0.4, -0.2) is 50.9 Å². The SMILES string of the molecule is O=S1CCN(Cc2ccc(B(O)O)cc2)CC1. The van der Waals surface area contributed by atoms with Crippen molar-refractivity contribution in [2.24, 2.45) is 0 Å². The minimum atomic E-state index is -1.40. The normalized spacial score (nSPS) is 18.2. The van der Waals surface area contributed by atoms with E-state index in [4.69, 9.17) is 10.0 Å². The summed E-state index contributed by atoms with van der Waals surface area (Å²) in [6.45, 7) is 2.58. The topological polar surface area (TPSA) is 60.8 Å². The van der Waals surface area contributed by atoms with Crippen molar-refractivity contribution in [2.75, 3.05) is 24.6 Å². The zero-order valence-electron chi connectivity index (χ0n) is 9.58. The predicted molar refractivity (Wildman–Crippen MR) is 69.4 cm³/mol. The number of hydrogen-bond donors (Lipinski definition) is 2. The Bertz CT molecular complexity index is 386. The molecule has 2 N–H and O–H groups in total. The predicted octanol–water partition coefficient (Wildman–Crippen LogP) is -1.07. The highest BCUT2D eigenvalue weighted by Crippen LogP contribution is 2.07. The van der Waals surface area contributed by atoms with Crippen molar-refractivity contribution in [3.63, 3.8) is 0 Å². The van der Waals surface area contributed by atoms with Gasteiger partial charge in [0, 0.05) is 41.9 Å². The van der Waals surface area contributed by atoms with Gasteiger partial charge in [0.1, 0.15) is 0 Å². The van der Waals surface area contributed by atoms with Crippen molar-refractivity contribution in [3.8, 4) is 0 Å². The molecule has 0 radical (unpaired) electrons. The Kier molecular flexibility index (Phi) is 4.33. The van der Waals surface area contributed by atoms with Crippen LogP contribution in [-0.2, 0) is 17.3 Å². The molecular weight excluding hydrogens is 237 g/mol. The third-order valence-electron chi connectivity index (χ3n) is 2.95. The summed E-state index contributed by atoms with van der Waals surface area (Å²) < 4.78 is 11.2. The molecule has 0 aromatic heterocycles. The van der Waals surface area contributed by atoms with Crippen molar-refractivity contribution in [1.82, 2.24) is 4.90 Å². The van der Waals surface area contributed by atoms with E-state index in [1.165, 1.54) is 0 Å². The molecule has 17 heavy (non-hydrogen) atoms. The van der Waals surface area contributed by atoms with Gasteiger partial charge in [-0.3, -0.25) is 9.11 Å². The first-order valence-electron chi connectivity index (χ1n) is 5.67. The molecule has 1 aromatic rings. The van der Waals surface area contributed by atoms with Gasteiger partial charge >= 0.3 is 7.12 Å². The van der Waals surface area contributed by atoms with Gasteiger partial charge in [-0.15, -0.1) is 0 Å². The lowest BCUT2D eigenvalue weighted by atomic mass is 9.80. The van der Waals surface area contributed by atoms with Gasteiger partial charge in [0.25, 0.3) is 0 Å². The molecule has 2 rings (SSSR count). The highest BCUT2D eigenvalue weighted by Gasteiger charge is 2.15. The average molecular weight is 253 g/mol. The van der Waals surface area contributed by atoms with Crippen LogP contribution in [0.15, 0.2) is 24.3 Å². The molecule has 1 saturated heterocycles. The quantitative estimate of drug-likeness (QED) is 0.673. The summed E-state index contributed by atoms with van der Waals surface area (Å²) in [6.07, 6.45) is 0. The molecule has 0 unspecified atom stereocenters. The van der Waals surface area contributed by atoms with Crippen LogP contribution < -0.4 is 5.46 Å². The van der Waals surface area contributed by atoms with Crippen LogP contribution in [0.3, 0.4) is 0 Å². The summed E-state index contributed by atoms with van der Waals surface area (Å²) in [7, 11) is -2.04. The zero-order chi connectivity index (χ0) is 12.3. The number of benzene rings is 1. The van der Waals surface area contributed by atoms with E-state index in [0.717, 1.165) is 36.7 Å². The third-order valence-corrected chi connectivity index (χ3v) is 4.23. The van der Waals surface area contributed by atoms with Crippen molar-refractivity contribution < 1.29 is 14.3 Å².